The molecule has 8 nitrogen and oxygen atoms in total. The number of phenolic OH excluding ortho intramolecular Hbond substituents is 1. The number of methoxy groups -OCH3 is 1. The van der Waals surface area contributed by atoms with Gasteiger partial charge in [-0.3, -0.25) is 14.5 Å². The lowest BCUT2D eigenvalue weighted by atomic mass is 9.97. The first-order chi connectivity index (χ1) is 15.7. The molecule has 1 N–H and O–H groups in total. The molecule has 4 aromatic rings. The van der Waals surface area contributed by atoms with Gasteiger partial charge in [-0.15, -0.1) is 10.2 Å². The number of hydrogen-bond acceptors (Lipinski definition) is 8. The van der Waals surface area contributed by atoms with Crippen LogP contribution in [0, 0.1) is 20.8 Å². The number of amides is 1. The van der Waals surface area contributed by atoms with Crippen LogP contribution in [0.5, 0.6) is 11.5 Å². The predicted molar refractivity (Wildman–Crippen MR) is 128 cm³/mol. The molecule has 0 fully saturated rings. The molecule has 5 rings (SSSR count). The van der Waals surface area contributed by atoms with E-state index in [0.717, 1.165) is 11.1 Å². The van der Waals surface area contributed by atoms with Gasteiger partial charge >= 0.3 is 0 Å². The van der Waals surface area contributed by atoms with E-state index in [0.29, 0.717) is 31.1 Å². The summed E-state index contributed by atoms with van der Waals surface area (Å²) < 4.78 is 11.7. The van der Waals surface area contributed by atoms with E-state index < -0.39 is 11.9 Å². The maximum Gasteiger partial charge on any atom is 0.297 e. The molecule has 2 aromatic heterocycles. The van der Waals surface area contributed by atoms with Gasteiger partial charge < -0.3 is 14.3 Å². The second kappa shape index (κ2) is 7.67. The molecule has 0 spiro atoms. The lowest BCUT2D eigenvalue weighted by Gasteiger charge is -2.23. The molecule has 168 valence electrons. The summed E-state index contributed by atoms with van der Waals surface area (Å²) in [5, 5.41) is 19.9. The molecule has 1 atom stereocenters. The quantitative estimate of drug-likeness (QED) is 0.407. The summed E-state index contributed by atoms with van der Waals surface area (Å²) in [5.74, 6) is -0.394. The number of aromatic hydroxyl groups is 1. The van der Waals surface area contributed by atoms with Gasteiger partial charge in [-0.1, -0.05) is 11.3 Å². The maximum atomic E-state index is 13.7. The largest absolute Gasteiger partial charge is 0.503 e. The number of carbonyl (C=O) groups excluding carboxylic acids is 1. The number of carbonyl (C=O) groups is 1. The predicted octanol–water partition coefficient (Wildman–Crippen LogP) is 4.80. The van der Waals surface area contributed by atoms with Crippen LogP contribution in [0.2, 0.25) is 0 Å². The molecule has 1 unspecified atom stereocenters. The maximum absolute atomic E-state index is 13.7. The Morgan fingerprint density at radius 1 is 1.12 bits per heavy atom. The van der Waals surface area contributed by atoms with E-state index in [1.807, 2.05) is 13.8 Å². The Kier molecular flexibility index (Phi) is 5.02. The second-order valence-corrected chi connectivity index (χ2v) is 9.86. The van der Waals surface area contributed by atoms with Crippen molar-refractivity contribution in [2.75, 3.05) is 12.0 Å². The Hall–Kier alpha value is -3.24. The van der Waals surface area contributed by atoms with Crippen LogP contribution in [0.1, 0.15) is 43.9 Å². The summed E-state index contributed by atoms with van der Waals surface area (Å²) in [5.41, 5.74) is 2.72. The van der Waals surface area contributed by atoms with Crippen LogP contribution < -0.4 is 15.1 Å². The van der Waals surface area contributed by atoms with Gasteiger partial charge in [0.25, 0.3) is 5.91 Å². The van der Waals surface area contributed by atoms with Gasteiger partial charge in [0.05, 0.1) is 28.6 Å². The fourth-order valence-corrected chi connectivity index (χ4v) is 5.21. The third kappa shape index (κ3) is 3.24. The van der Waals surface area contributed by atoms with Crippen molar-refractivity contribution in [1.82, 2.24) is 10.2 Å². The molecular formula is C23H18BrN3O5S. The summed E-state index contributed by atoms with van der Waals surface area (Å²) in [4.78, 5) is 28.7. The van der Waals surface area contributed by atoms with E-state index in [9.17, 15) is 14.7 Å². The number of phenols is 1. The zero-order valence-corrected chi connectivity index (χ0v) is 20.5. The molecule has 2 aromatic carbocycles. The minimum atomic E-state index is -0.840. The number of aryl methyl sites for hydroxylation is 3. The van der Waals surface area contributed by atoms with Gasteiger partial charge in [-0.05, 0) is 77.7 Å². The van der Waals surface area contributed by atoms with Gasteiger partial charge in [0, 0.05) is 0 Å². The normalized spacial score (nSPS) is 15.4. The highest BCUT2D eigenvalue weighted by Gasteiger charge is 2.45. The number of anilines is 1. The number of ether oxygens (including phenoxy) is 1. The molecule has 1 amide bonds. The Bertz CT molecular complexity index is 1530. The van der Waals surface area contributed by atoms with Crippen LogP contribution >= 0.6 is 27.3 Å². The summed E-state index contributed by atoms with van der Waals surface area (Å²) in [6, 6.07) is 5.96. The SMILES string of the molecule is COc1cc(C2c3c(oc4cc(C)c(C)cc4c3=O)C(=O)N2c2nnc(C)s2)cc(Br)c1O. The zero-order chi connectivity index (χ0) is 23.6. The number of halogens is 1. The lowest BCUT2D eigenvalue weighted by Crippen LogP contribution is -2.29. The number of benzene rings is 2. The standard InChI is InChI=1S/C23H18BrN3O5S/c1-9-5-13-15(6-10(9)2)32-21-17(19(13)28)18(12-7-14(24)20(29)16(8-12)31-4)27(22(21)30)23-26-25-11(3)33-23/h5-8,18,29H,1-4H3. The molecule has 0 saturated carbocycles. The molecule has 3 heterocycles. The van der Waals surface area contributed by atoms with E-state index in [1.54, 1.807) is 31.2 Å². The molecule has 0 bridgehead atoms. The number of nitrogens with zero attached hydrogens (tertiary/aromatic N) is 3. The third-order valence-corrected chi connectivity index (χ3v) is 7.24. The summed E-state index contributed by atoms with van der Waals surface area (Å²) in [6.07, 6.45) is 0. The van der Waals surface area contributed by atoms with Crippen LogP contribution in [0.15, 0.2) is 37.9 Å². The molecule has 0 aliphatic carbocycles. The van der Waals surface area contributed by atoms with Gasteiger partial charge in [-0.2, -0.15) is 0 Å². The Labute approximate surface area is 200 Å². The minimum Gasteiger partial charge on any atom is -0.503 e. The second-order valence-electron chi connectivity index (χ2n) is 7.84. The van der Waals surface area contributed by atoms with Crippen molar-refractivity contribution in [1.29, 1.82) is 0 Å². The van der Waals surface area contributed by atoms with Crippen LogP contribution in [0.25, 0.3) is 11.0 Å². The molecule has 0 radical (unpaired) electrons. The van der Waals surface area contributed by atoms with Crippen molar-refractivity contribution in [3.63, 3.8) is 0 Å². The highest BCUT2D eigenvalue weighted by atomic mass is 79.9. The molecule has 0 saturated heterocycles. The van der Waals surface area contributed by atoms with Gasteiger partial charge in [-0.25, -0.2) is 0 Å². The molecule has 1 aliphatic heterocycles. The molecule has 10 heteroatoms. The lowest BCUT2D eigenvalue weighted by molar-refractivity contribution is 0.0970. The number of fused-ring (bicyclic) bond motifs is 2. The fourth-order valence-electron chi connectivity index (χ4n) is 4.03. The highest BCUT2D eigenvalue weighted by Crippen LogP contribution is 2.45. The van der Waals surface area contributed by atoms with Gasteiger partial charge in [0.2, 0.25) is 10.9 Å². The van der Waals surface area contributed by atoms with Crippen molar-refractivity contribution < 1.29 is 19.1 Å². The number of hydrogen-bond donors (Lipinski definition) is 1. The van der Waals surface area contributed by atoms with E-state index in [4.69, 9.17) is 9.15 Å². The zero-order valence-electron chi connectivity index (χ0n) is 18.1. The topological polar surface area (TPSA) is 106 Å². The van der Waals surface area contributed by atoms with Crippen LogP contribution in [0.4, 0.5) is 5.13 Å². The van der Waals surface area contributed by atoms with E-state index in [1.165, 1.54) is 23.3 Å². The molecule has 1 aliphatic rings. The summed E-state index contributed by atoms with van der Waals surface area (Å²) in [7, 11) is 1.43. The van der Waals surface area contributed by atoms with Crippen LogP contribution in [0.3, 0.4) is 0 Å². The van der Waals surface area contributed by atoms with Crippen molar-refractivity contribution in [3.05, 3.63) is 72.0 Å². The summed E-state index contributed by atoms with van der Waals surface area (Å²) >= 11 is 4.57. The van der Waals surface area contributed by atoms with Crippen LogP contribution in [-0.2, 0) is 0 Å². The summed E-state index contributed by atoms with van der Waals surface area (Å²) in [6.45, 7) is 5.62. The first-order valence-electron chi connectivity index (χ1n) is 9.99. The Morgan fingerprint density at radius 2 is 1.85 bits per heavy atom. The van der Waals surface area contributed by atoms with Gasteiger partial charge in [0.1, 0.15) is 10.6 Å². The monoisotopic (exact) mass is 527 g/mol. The van der Waals surface area contributed by atoms with E-state index >= 15 is 0 Å². The van der Waals surface area contributed by atoms with Crippen molar-refractivity contribution in [3.8, 4) is 11.5 Å². The molecule has 33 heavy (non-hydrogen) atoms. The van der Waals surface area contributed by atoms with Crippen LogP contribution in [-0.4, -0.2) is 28.3 Å². The minimum absolute atomic E-state index is 0.0308. The third-order valence-electron chi connectivity index (χ3n) is 5.79. The number of aromatic nitrogens is 2. The van der Waals surface area contributed by atoms with E-state index in [2.05, 4.69) is 26.1 Å². The van der Waals surface area contributed by atoms with Crippen molar-refractivity contribution in [2.45, 2.75) is 26.8 Å². The fraction of sp³-hybridized carbons (Fsp3) is 0.217. The van der Waals surface area contributed by atoms with E-state index in [-0.39, 0.29) is 28.3 Å². The van der Waals surface area contributed by atoms with Crippen molar-refractivity contribution in [2.24, 2.45) is 0 Å². The Morgan fingerprint density at radius 3 is 2.52 bits per heavy atom. The average molecular weight is 528 g/mol. The molecular weight excluding hydrogens is 510 g/mol. The van der Waals surface area contributed by atoms with Gasteiger partial charge in [0.15, 0.2) is 16.9 Å². The number of rotatable bonds is 3. The Balaban J connectivity index is 1.85. The van der Waals surface area contributed by atoms with Crippen molar-refractivity contribution >= 4 is 49.3 Å². The average Bonchev–Trinajstić information content (AvgIpc) is 3.32. The highest BCUT2D eigenvalue weighted by molar-refractivity contribution is 9.10. The smallest absolute Gasteiger partial charge is 0.297 e. The first-order valence-corrected chi connectivity index (χ1v) is 11.6. The first kappa shape index (κ1) is 21.6.